The highest BCUT2D eigenvalue weighted by atomic mass is 32.2. The molecule has 0 bridgehead atoms. The third-order valence-corrected chi connectivity index (χ3v) is 11.7. The molecule has 3 saturated carbocycles. The molecule has 4 rings (SSSR count). The SMILES string of the molecule is CC(=O)N[C@@H](CSC(=O)CCCO[N+](=O)[O-])C(=O)OCC(=O)[C@@]1(O)CC[C@H]2[C@@H]3CCC4=CC(=O)CC[C@]4(C)[C@H]3C(O)C[C@@]21C. The van der Waals surface area contributed by atoms with E-state index in [1.165, 1.54) is 6.92 Å². The third-order valence-electron chi connectivity index (χ3n) is 10.7. The molecule has 0 radical (unpaired) electrons. The molecular weight excluding hydrogens is 596 g/mol. The van der Waals surface area contributed by atoms with Crippen LogP contribution in [-0.2, 0) is 33.5 Å². The molecule has 44 heavy (non-hydrogen) atoms. The van der Waals surface area contributed by atoms with Crippen molar-refractivity contribution in [3.8, 4) is 0 Å². The molecule has 0 aliphatic heterocycles. The number of nitrogens with zero attached hydrogens (tertiary/aromatic N) is 1. The predicted octanol–water partition coefficient (Wildman–Crippen LogP) is 2.09. The van der Waals surface area contributed by atoms with E-state index in [4.69, 9.17) is 4.74 Å². The Kier molecular flexibility index (Phi) is 10.3. The number of carbonyl (C=O) groups is 5. The number of hydrogen-bond acceptors (Lipinski definition) is 12. The largest absolute Gasteiger partial charge is 0.456 e. The first kappa shape index (κ1) is 34.0. The number of thioether (sulfide) groups is 1. The van der Waals surface area contributed by atoms with Gasteiger partial charge in [0.05, 0.1) is 12.7 Å². The van der Waals surface area contributed by atoms with Crippen LogP contribution in [0.3, 0.4) is 0 Å². The molecule has 0 heterocycles. The fraction of sp³-hybridized carbons (Fsp3) is 0.767. The average molecular weight is 639 g/mol. The Hall–Kier alpha value is -2.84. The van der Waals surface area contributed by atoms with Crippen molar-refractivity contribution in [2.24, 2.45) is 28.6 Å². The molecule has 1 unspecified atom stereocenters. The minimum absolute atomic E-state index is 0.0400. The summed E-state index contributed by atoms with van der Waals surface area (Å²) >= 11 is 0.740. The van der Waals surface area contributed by atoms with Crippen LogP contribution in [0.2, 0.25) is 0 Å². The van der Waals surface area contributed by atoms with Crippen molar-refractivity contribution in [1.82, 2.24) is 5.32 Å². The number of carbonyl (C=O) groups excluding carboxylic acids is 5. The standard InChI is InChI=1S/C30H42N2O11S/c1-17(33)31-22(16-44-25(37)5-4-12-43-32(40)41)27(38)42-15-24(36)30(39)11-9-21-20-7-6-18-13-19(34)8-10-28(18,2)26(20)23(35)14-29(21,30)3/h13,20-23,26,35,39H,4-12,14-16H2,1-3H3,(H,31,33)/t20-,21-,22-,23?,26+,28-,29-,30-/m0/s1. The normalized spacial score (nSPS) is 34.8. The van der Waals surface area contributed by atoms with Crippen molar-refractivity contribution in [3.05, 3.63) is 21.8 Å². The number of rotatable bonds is 12. The van der Waals surface area contributed by atoms with Crippen LogP contribution in [-0.4, -0.2) is 80.6 Å². The maximum atomic E-state index is 13.6. The molecule has 0 aromatic carbocycles. The van der Waals surface area contributed by atoms with Crippen molar-refractivity contribution in [3.63, 3.8) is 0 Å². The molecule has 0 spiro atoms. The van der Waals surface area contributed by atoms with Gasteiger partial charge in [-0.1, -0.05) is 31.2 Å². The minimum atomic E-state index is -1.83. The lowest BCUT2D eigenvalue weighted by Gasteiger charge is -2.60. The lowest BCUT2D eigenvalue weighted by molar-refractivity contribution is -0.757. The number of esters is 1. The van der Waals surface area contributed by atoms with Gasteiger partial charge in [-0.25, -0.2) is 4.79 Å². The molecule has 244 valence electrons. The lowest BCUT2D eigenvalue weighted by atomic mass is 9.45. The molecule has 0 aromatic rings. The van der Waals surface area contributed by atoms with Gasteiger partial charge in [0.2, 0.25) is 11.7 Å². The zero-order valence-corrected chi connectivity index (χ0v) is 26.2. The number of nitrogens with one attached hydrogen (secondary N) is 1. The quantitative estimate of drug-likeness (QED) is 0.122. The monoisotopic (exact) mass is 638 g/mol. The number of aliphatic hydroxyl groups excluding tert-OH is 1. The van der Waals surface area contributed by atoms with E-state index < -0.39 is 52.5 Å². The molecule has 4 aliphatic rings. The summed E-state index contributed by atoms with van der Waals surface area (Å²) < 4.78 is 5.27. The highest BCUT2D eigenvalue weighted by Crippen LogP contribution is 2.67. The summed E-state index contributed by atoms with van der Waals surface area (Å²) in [6.45, 7) is 4.16. The van der Waals surface area contributed by atoms with Gasteiger partial charge in [0.25, 0.3) is 5.09 Å². The average Bonchev–Trinajstić information content (AvgIpc) is 3.22. The van der Waals surface area contributed by atoms with Crippen LogP contribution in [0.25, 0.3) is 0 Å². The second-order valence-electron chi connectivity index (χ2n) is 13.1. The second-order valence-corrected chi connectivity index (χ2v) is 14.2. The molecule has 3 fully saturated rings. The number of amides is 1. The zero-order valence-electron chi connectivity index (χ0n) is 25.4. The Bertz CT molecular complexity index is 1240. The Balaban J connectivity index is 1.39. The van der Waals surface area contributed by atoms with E-state index in [0.717, 1.165) is 30.2 Å². The van der Waals surface area contributed by atoms with Gasteiger partial charge in [-0.05, 0) is 74.2 Å². The highest BCUT2D eigenvalue weighted by Gasteiger charge is 2.68. The van der Waals surface area contributed by atoms with Crippen molar-refractivity contribution in [1.29, 1.82) is 0 Å². The first-order chi connectivity index (χ1) is 20.6. The second kappa shape index (κ2) is 13.3. The summed E-state index contributed by atoms with van der Waals surface area (Å²) in [5, 5.41) is 34.7. The Labute approximate surface area is 260 Å². The predicted molar refractivity (Wildman–Crippen MR) is 156 cm³/mol. The van der Waals surface area contributed by atoms with E-state index in [0.29, 0.717) is 19.3 Å². The summed E-state index contributed by atoms with van der Waals surface area (Å²) in [5.74, 6) is -2.29. The molecule has 3 N–H and O–H groups in total. The van der Waals surface area contributed by atoms with Crippen LogP contribution < -0.4 is 5.32 Å². The van der Waals surface area contributed by atoms with Gasteiger partial charge >= 0.3 is 5.97 Å². The Morgan fingerprint density at radius 3 is 2.61 bits per heavy atom. The van der Waals surface area contributed by atoms with Gasteiger partial charge in [0.1, 0.15) is 11.6 Å². The zero-order chi connectivity index (χ0) is 32.4. The summed E-state index contributed by atoms with van der Waals surface area (Å²) in [6.07, 6.45) is 4.57. The molecule has 14 heteroatoms. The van der Waals surface area contributed by atoms with Crippen molar-refractivity contribution < 1.29 is 48.8 Å². The van der Waals surface area contributed by atoms with Gasteiger partial charge < -0.3 is 25.1 Å². The number of fused-ring (bicyclic) bond motifs is 5. The van der Waals surface area contributed by atoms with E-state index in [-0.39, 0.29) is 72.1 Å². The fourth-order valence-electron chi connectivity index (χ4n) is 8.52. The van der Waals surface area contributed by atoms with Gasteiger partial charge in [0, 0.05) is 30.9 Å². The molecule has 0 aromatic heterocycles. The summed E-state index contributed by atoms with van der Waals surface area (Å²) in [7, 11) is 0. The number of aliphatic hydroxyl groups is 2. The highest BCUT2D eigenvalue weighted by molar-refractivity contribution is 8.13. The lowest BCUT2D eigenvalue weighted by Crippen LogP contribution is -2.62. The molecule has 1 amide bonds. The number of allylic oxidation sites excluding steroid dienone is 1. The number of hydrogen-bond donors (Lipinski definition) is 3. The van der Waals surface area contributed by atoms with Crippen LogP contribution in [0.1, 0.15) is 78.6 Å². The van der Waals surface area contributed by atoms with Gasteiger partial charge in [-0.15, -0.1) is 10.1 Å². The maximum Gasteiger partial charge on any atom is 0.329 e. The summed E-state index contributed by atoms with van der Waals surface area (Å²) in [6, 6.07) is -1.24. The van der Waals surface area contributed by atoms with Gasteiger partial charge in [-0.3, -0.25) is 19.2 Å². The first-order valence-electron chi connectivity index (χ1n) is 15.2. The first-order valence-corrected chi connectivity index (χ1v) is 16.1. The van der Waals surface area contributed by atoms with E-state index in [9.17, 15) is 44.3 Å². The minimum Gasteiger partial charge on any atom is -0.456 e. The van der Waals surface area contributed by atoms with Crippen molar-refractivity contribution in [2.45, 2.75) is 96.3 Å². The Morgan fingerprint density at radius 2 is 1.93 bits per heavy atom. The van der Waals surface area contributed by atoms with Crippen LogP contribution in [0.15, 0.2) is 11.6 Å². The molecule has 13 nitrogen and oxygen atoms in total. The topological polar surface area (TPSA) is 199 Å². The van der Waals surface area contributed by atoms with E-state index in [2.05, 4.69) is 17.1 Å². The van der Waals surface area contributed by atoms with E-state index in [1.807, 2.05) is 6.92 Å². The molecule has 4 aliphatic carbocycles. The van der Waals surface area contributed by atoms with E-state index in [1.54, 1.807) is 6.08 Å². The number of Topliss-reactive ketones (excluding diaryl/α,β-unsaturated/α-hetero) is 1. The summed E-state index contributed by atoms with van der Waals surface area (Å²) in [5.41, 5.74) is -1.99. The molecule has 0 saturated heterocycles. The Morgan fingerprint density at radius 1 is 1.20 bits per heavy atom. The van der Waals surface area contributed by atoms with Crippen LogP contribution in [0, 0.1) is 38.7 Å². The maximum absolute atomic E-state index is 13.6. The van der Waals surface area contributed by atoms with Crippen LogP contribution in [0.4, 0.5) is 0 Å². The van der Waals surface area contributed by atoms with Gasteiger partial charge in [-0.2, -0.15) is 0 Å². The fourth-order valence-corrected chi connectivity index (χ4v) is 9.39. The van der Waals surface area contributed by atoms with E-state index >= 15 is 0 Å². The van der Waals surface area contributed by atoms with Crippen molar-refractivity contribution >= 4 is 40.3 Å². The third kappa shape index (κ3) is 6.57. The van der Waals surface area contributed by atoms with Crippen LogP contribution in [0.5, 0.6) is 0 Å². The van der Waals surface area contributed by atoms with Crippen molar-refractivity contribution in [2.75, 3.05) is 19.0 Å². The number of ether oxygens (including phenoxy) is 1. The molecule has 8 atom stereocenters. The van der Waals surface area contributed by atoms with Crippen LogP contribution >= 0.6 is 11.8 Å². The molecular formula is C30H42N2O11S. The summed E-state index contributed by atoms with van der Waals surface area (Å²) in [4.78, 5) is 76.8. The van der Waals surface area contributed by atoms with Gasteiger partial charge in [0.15, 0.2) is 17.5 Å². The smallest absolute Gasteiger partial charge is 0.329 e. The number of ketones is 2.